The van der Waals surface area contributed by atoms with Crippen LogP contribution in [0.25, 0.3) is 0 Å². The molecule has 1 amide bonds. The third-order valence-electron chi connectivity index (χ3n) is 4.23. The van der Waals surface area contributed by atoms with Crippen molar-refractivity contribution in [1.29, 1.82) is 0 Å². The number of rotatable bonds is 9. The van der Waals surface area contributed by atoms with Crippen LogP contribution in [0.3, 0.4) is 0 Å². The van der Waals surface area contributed by atoms with Crippen molar-refractivity contribution in [1.82, 2.24) is 10.2 Å². The molecule has 0 unspecified atom stereocenters. The van der Waals surface area contributed by atoms with Crippen molar-refractivity contribution < 1.29 is 19.1 Å². The zero-order valence-corrected chi connectivity index (χ0v) is 16.2. The van der Waals surface area contributed by atoms with E-state index in [1.165, 1.54) is 6.92 Å². The Hall–Kier alpha value is -2.86. The molecule has 1 N–H and O–H groups in total. The van der Waals surface area contributed by atoms with E-state index in [0.29, 0.717) is 17.9 Å². The lowest BCUT2D eigenvalue weighted by molar-refractivity contribution is -0.123. The molecule has 144 valence electrons. The number of ketones is 1. The van der Waals surface area contributed by atoms with Gasteiger partial charge >= 0.3 is 0 Å². The fourth-order valence-electron chi connectivity index (χ4n) is 2.64. The third-order valence-corrected chi connectivity index (χ3v) is 4.23. The Balaban J connectivity index is 1.90. The summed E-state index contributed by atoms with van der Waals surface area (Å²) in [5, 5.41) is 2.90. The number of amides is 1. The molecule has 0 aromatic heterocycles. The molecule has 0 aliphatic heterocycles. The number of hydrogen-bond donors (Lipinski definition) is 1. The first-order chi connectivity index (χ1) is 12.9. The van der Waals surface area contributed by atoms with E-state index in [0.717, 1.165) is 11.3 Å². The number of benzene rings is 2. The number of ether oxygens (including phenoxy) is 2. The van der Waals surface area contributed by atoms with Crippen molar-refractivity contribution in [3.63, 3.8) is 0 Å². The number of nitrogens with zero attached hydrogens (tertiary/aromatic N) is 1. The van der Waals surface area contributed by atoms with E-state index < -0.39 is 0 Å². The fourth-order valence-corrected chi connectivity index (χ4v) is 2.64. The highest BCUT2D eigenvalue weighted by molar-refractivity contribution is 5.94. The summed E-state index contributed by atoms with van der Waals surface area (Å²) in [6.07, 6.45) is 0. The first kappa shape index (κ1) is 20.5. The summed E-state index contributed by atoms with van der Waals surface area (Å²) in [4.78, 5) is 25.6. The third kappa shape index (κ3) is 6.11. The Morgan fingerprint density at radius 1 is 1.07 bits per heavy atom. The Labute approximate surface area is 160 Å². The molecule has 0 radical (unpaired) electrons. The molecule has 1 atom stereocenters. The number of methoxy groups -OCH3 is 1. The smallest absolute Gasteiger partial charge is 0.258 e. The Morgan fingerprint density at radius 2 is 1.78 bits per heavy atom. The number of carbonyl (C=O) groups is 2. The maximum Gasteiger partial charge on any atom is 0.258 e. The van der Waals surface area contributed by atoms with Gasteiger partial charge in [-0.3, -0.25) is 9.59 Å². The van der Waals surface area contributed by atoms with Gasteiger partial charge in [0.15, 0.2) is 12.4 Å². The lowest BCUT2D eigenvalue weighted by Gasteiger charge is -2.25. The maximum atomic E-state index is 12.2. The van der Waals surface area contributed by atoms with Crippen LogP contribution in [0.15, 0.2) is 48.5 Å². The quantitative estimate of drug-likeness (QED) is 0.688. The normalized spacial score (nSPS) is 11.7. The Morgan fingerprint density at radius 3 is 2.37 bits per heavy atom. The number of hydrogen-bond acceptors (Lipinski definition) is 5. The standard InChI is InChI=1S/C21H26N2O4/c1-15(24)17-6-5-7-19(12-17)27-14-21(25)22-13-20(23(2)3)16-8-10-18(26-4)11-9-16/h5-12,20H,13-14H2,1-4H3,(H,22,25)/t20-/m1/s1. The zero-order valence-electron chi connectivity index (χ0n) is 16.2. The SMILES string of the molecule is COc1ccc([C@@H](CNC(=O)COc2cccc(C(C)=O)c2)N(C)C)cc1. The molecule has 0 saturated heterocycles. The minimum Gasteiger partial charge on any atom is -0.497 e. The van der Waals surface area contributed by atoms with Crippen molar-refractivity contribution in [2.45, 2.75) is 13.0 Å². The van der Waals surface area contributed by atoms with Gasteiger partial charge in [-0.1, -0.05) is 24.3 Å². The van der Waals surface area contributed by atoms with E-state index >= 15 is 0 Å². The molecular formula is C21H26N2O4. The lowest BCUT2D eigenvalue weighted by Crippen LogP contribution is -2.36. The van der Waals surface area contributed by atoms with E-state index in [2.05, 4.69) is 5.32 Å². The van der Waals surface area contributed by atoms with E-state index in [4.69, 9.17) is 9.47 Å². The molecule has 0 spiro atoms. The second kappa shape index (κ2) is 9.73. The highest BCUT2D eigenvalue weighted by Gasteiger charge is 2.15. The van der Waals surface area contributed by atoms with Crippen LogP contribution in [-0.4, -0.2) is 50.9 Å². The van der Waals surface area contributed by atoms with Crippen LogP contribution in [0.2, 0.25) is 0 Å². The van der Waals surface area contributed by atoms with E-state index in [9.17, 15) is 9.59 Å². The monoisotopic (exact) mass is 370 g/mol. The van der Waals surface area contributed by atoms with Crippen LogP contribution in [-0.2, 0) is 4.79 Å². The minimum absolute atomic E-state index is 0.0286. The van der Waals surface area contributed by atoms with Gasteiger partial charge in [0, 0.05) is 12.1 Å². The summed E-state index contributed by atoms with van der Waals surface area (Å²) < 4.78 is 10.7. The summed E-state index contributed by atoms with van der Waals surface area (Å²) in [5.41, 5.74) is 1.64. The summed E-state index contributed by atoms with van der Waals surface area (Å²) in [6, 6.07) is 14.6. The van der Waals surface area contributed by atoms with Crippen LogP contribution in [0, 0.1) is 0 Å². The largest absolute Gasteiger partial charge is 0.497 e. The van der Waals surface area contributed by atoms with Crippen LogP contribution in [0.1, 0.15) is 28.9 Å². The van der Waals surface area contributed by atoms with Gasteiger partial charge in [0.25, 0.3) is 5.91 Å². The molecule has 2 aromatic rings. The first-order valence-electron chi connectivity index (χ1n) is 8.71. The lowest BCUT2D eigenvalue weighted by atomic mass is 10.1. The van der Waals surface area contributed by atoms with Crippen molar-refractivity contribution in [2.24, 2.45) is 0 Å². The summed E-state index contributed by atoms with van der Waals surface area (Å²) in [6.45, 7) is 1.84. The predicted molar refractivity (Wildman–Crippen MR) is 104 cm³/mol. The number of likely N-dealkylation sites (N-methyl/N-ethyl adjacent to an activating group) is 1. The van der Waals surface area contributed by atoms with Gasteiger partial charge in [-0.25, -0.2) is 0 Å². The highest BCUT2D eigenvalue weighted by atomic mass is 16.5. The van der Waals surface area contributed by atoms with Crippen LogP contribution in [0.4, 0.5) is 0 Å². The predicted octanol–water partition coefficient (Wildman–Crippen LogP) is 2.70. The molecule has 0 bridgehead atoms. The van der Waals surface area contributed by atoms with Crippen LogP contribution < -0.4 is 14.8 Å². The summed E-state index contributed by atoms with van der Waals surface area (Å²) in [7, 11) is 5.56. The molecule has 0 heterocycles. The highest BCUT2D eigenvalue weighted by Crippen LogP contribution is 2.20. The molecule has 27 heavy (non-hydrogen) atoms. The molecule has 0 aliphatic rings. The number of Topliss-reactive ketones (excluding diaryl/α,β-unsaturated/α-hetero) is 1. The Kier molecular flexibility index (Phi) is 7.37. The van der Waals surface area contributed by atoms with Gasteiger partial charge in [-0.15, -0.1) is 0 Å². The van der Waals surface area contributed by atoms with Crippen molar-refractivity contribution in [3.8, 4) is 11.5 Å². The molecular weight excluding hydrogens is 344 g/mol. The topological polar surface area (TPSA) is 67.9 Å². The summed E-state index contributed by atoms with van der Waals surface area (Å²) in [5.74, 6) is 1.03. The summed E-state index contributed by atoms with van der Waals surface area (Å²) >= 11 is 0. The molecule has 0 aliphatic carbocycles. The first-order valence-corrected chi connectivity index (χ1v) is 8.71. The number of carbonyl (C=O) groups excluding carboxylic acids is 2. The second-order valence-corrected chi connectivity index (χ2v) is 6.43. The molecule has 0 fully saturated rings. The van der Waals surface area contributed by atoms with Gasteiger partial charge in [0.1, 0.15) is 11.5 Å². The van der Waals surface area contributed by atoms with Crippen molar-refractivity contribution in [3.05, 3.63) is 59.7 Å². The minimum atomic E-state index is -0.219. The molecule has 2 aromatic carbocycles. The zero-order chi connectivity index (χ0) is 19.8. The molecule has 6 nitrogen and oxygen atoms in total. The van der Waals surface area contributed by atoms with Gasteiger partial charge in [0.05, 0.1) is 13.2 Å². The van der Waals surface area contributed by atoms with E-state index in [1.54, 1.807) is 31.4 Å². The van der Waals surface area contributed by atoms with Gasteiger partial charge in [-0.05, 0) is 50.8 Å². The van der Waals surface area contributed by atoms with E-state index in [1.807, 2.05) is 43.3 Å². The van der Waals surface area contributed by atoms with Gasteiger partial charge in [-0.2, -0.15) is 0 Å². The molecule has 2 rings (SSSR count). The molecule has 0 saturated carbocycles. The maximum absolute atomic E-state index is 12.2. The van der Waals surface area contributed by atoms with Gasteiger partial charge < -0.3 is 19.7 Å². The fraction of sp³-hybridized carbons (Fsp3) is 0.333. The van der Waals surface area contributed by atoms with Gasteiger partial charge in [0.2, 0.25) is 0 Å². The van der Waals surface area contributed by atoms with Crippen molar-refractivity contribution >= 4 is 11.7 Å². The average molecular weight is 370 g/mol. The van der Waals surface area contributed by atoms with Crippen LogP contribution >= 0.6 is 0 Å². The average Bonchev–Trinajstić information content (AvgIpc) is 2.67. The van der Waals surface area contributed by atoms with Crippen LogP contribution in [0.5, 0.6) is 11.5 Å². The van der Waals surface area contributed by atoms with Crippen molar-refractivity contribution in [2.75, 3.05) is 34.4 Å². The second-order valence-electron chi connectivity index (χ2n) is 6.43. The molecule has 6 heteroatoms. The number of nitrogens with one attached hydrogen (secondary N) is 1. The Bertz CT molecular complexity index is 772. The van der Waals surface area contributed by atoms with E-state index in [-0.39, 0.29) is 24.3 Å².